The van der Waals surface area contributed by atoms with Crippen molar-refractivity contribution in [3.8, 4) is 0 Å². The van der Waals surface area contributed by atoms with E-state index >= 15 is 0 Å². The van der Waals surface area contributed by atoms with Gasteiger partial charge in [-0.05, 0) is 12.8 Å². The fourth-order valence-corrected chi connectivity index (χ4v) is 1.66. The third kappa shape index (κ3) is 6.23. The van der Waals surface area contributed by atoms with E-state index in [9.17, 15) is 22.8 Å². The van der Waals surface area contributed by atoms with Crippen molar-refractivity contribution in [3.63, 3.8) is 0 Å². The summed E-state index contributed by atoms with van der Waals surface area (Å²) in [6.07, 6.45) is -3.61. The Morgan fingerprint density at radius 3 is 2.40 bits per heavy atom. The first-order valence-corrected chi connectivity index (χ1v) is 6.51. The molecule has 1 unspecified atom stereocenters. The van der Waals surface area contributed by atoms with Crippen molar-refractivity contribution in [2.75, 3.05) is 20.1 Å². The topological polar surface area (TPSA) is 61.4 Å². The van der Waals surface area contributed by atoms with Crippen molar-refractivity contribution in [2.45, 2.75) is 44.4 Å². The zero-order chi connectivity index (χ0) is 15.3. The molecule has 0 aromatic heterocycles. The molecule has 1 atom stereocenters. The Bertz CT molecular complexity index is 356. The minimum Gasteiger partial charge on any atom is -0.355 e. The zero-order valence-electron chi connectivity index (χ0n) is 11.6. The number of nitrogens with one attached hydrogen (secondary N) is 2. The molecule has 1 fully saturated rings. The van der Waals surface area contributed by atoms with Crippen LogP contribution in [0.25, 0.3) is 0 Å². The summed E-state index contributed by atoms with van der Waals surface area (Å²) in [7, 11) is 1.43. The molecule has 0 aromatic rings. The van der Waals surface area contributed by atoms with Gasteiger partial charge in [0.25, 0.3) is 0 Å². The molecule has 1 aliphatic carbocycles. The number of alkyl halides is 3. The molecular formula is C12H20F3N3O2. The summed E-state index contributed by atoms with van der Waals surface area (Å²) in [4.78, 5) is 23.6. The molecule has 0 saturated heterocycles. The van der Waals surface area contributed by atoms with Crippen LogP contribution < -0.4 is 10.6 Å². The molecule has 0 spiro atoms. The molecule has 116 valence electrons. The molecule has 20 heavy (non-hydrogen) atoms. The molecule has 0 aliphatic heterocycles. The normalized spacial score (nSPS) is 16.6. The number of carbonyl (C=O) groups excluding carboxylic acids is 2. The number of carbonyl (C=O) groups is 2. The van der Waals surface area contributed by atoms with E-state index < -0.39 is 24.5 Å². The maximum Gasteiger partial charge on any atom is 0.404 e. The van der Waals surface area contributed by atoms with Crippen molar-refractivity contribution in [2.24, 2.45) is 0 Å². The molecule has 0 radical (unpaired) electrons. The number of rotatable bonds is 7. The van der Waals surface area contributed by atoms with Crippen LogP contribution in [0.4, 0.5) is 13.2 Å². The van der Waals surface area contributed by atoms with Gasteiger partial charge in [0.05, 0.1) is 6.42 Å². The molecule has 5 nitrogen and oxygen atoms in total. The van der Waals surface area contributed by atoms with Crippen LogP contribution >= 0.6 is 0 Å². The van der Waals surface area contributed by atoms with Crippen LogP contribution in [0.1, 0.15) is 26.2 Å². The van der Waals surface area contributed by atoms with Crippen LogP contribution in [0.15, 0.2) is 0 Å². The molecular weight excluding hydrogens is 275 g/mol. The predicted molar refractivity (Wildman–Crippen MR) is 66.9 cm³/mol. The summed E-state index contributed by atoms with van der Waals surface area (Å²) in [5.74, 6) is -0.833. The van der Waals surface area contributed by atoms with Gasteiger partial charge in [0.1, 0.15) is 6.04 Å². The van der Waals surface area contributed by atoms with Gasteiger partial charge >= 0.3 is 6.18 Å². The summed E-state index contributed by atoms with van der Waals surface area (Å²) in [5, 5.41) is 4.94. The van der Waals surface area contributed by atoms with Gasteiger partial charge < -0.3 is 15.5 Å². The average molecular weight is 295 g/mol. The number of hydrogen-bond donors (Lipinski definition) is 2. The fraction of sp³-hybridized carbons (Fsp3) is 0.833. The van der Waals surface area contributed by atoms with Gasteiger partial charge in [-0.1, -0.05) is 0 Å². The second-order valence-corrected chi connectivity index (χ2v) is 5.04. The molecule has 0 aromatic carbocycles. The van der Waals surface area contributed by atoms with Gasteiger partial charge in [-0.25, -0.2) is 0 Å². The quantitative estimate of drug-likeness (QED) is 0.725. The lowest BCUT2D eigenvalue weighted by Gasteiger charge is -2.24. The highest BCUT2D eigenvalue weighted by Gasteiger charge is 2.43. The Morgan fingerprint density at radius 1 is 1.35 bits per heavy atom. The maximum atomic E-state index is 12.8. The second-order valence-electron chi connectivity index (χ2n) is 5.04. The summed E-state index contributed by atoms with van der Waals surface area (Å²) < 4.78 is 38.4. The van der Waals surface area contributed by atoms with Crippen molar-refractivity contribution < 1.29 is 22.8 Å². The highest BCUT2D eigenvalue weighted by molar-refractivity contribution is 5.77. The van der Waals surface area contributed by atoms with Crippen LogP contribution in [0.2, 0.25) is 0 Å². The smallest absolute Gasteiger partial charge is 0.355 e. The number of amides is 2. The molecule has 2 amide bonds. The SMILES string of the molecule is CC(=O)NCCN(C)C(=O)CC(NC1CC1)C(F)(F)F. The highest BCUT2D eigenvalue weighted by Crippen LogP contribution is 2.28. The molecule has 2 N–H and O–H groups in total. The van der Waals surface area contributed by atoms with Gasteiger partial charge in [-0.3, -0.25) is 9.59 Å². The Kier molecular flexibility index (Phi) is 5.79. The molecule has 0 bridgehead atoms. The van der Waals surface area contributed by atoms with E-state index in [2.05, 4.69) is 10.6 Å². The van der Waals surface area contributed by atoms with Crippen molar-refractivity contribution in [3.05, 3.63) is 0 Å². The first kappa shape index (κ1) is 16.7. The van der Waals surface area contributed by atoms with E-state index in [4.69, 9.17) is 0 Å². The largest absolute Gasteiger partial charge is 0.404 e. The van der Waals surface area contributed by atoms with Crippen LogP contribution in [0.3, 0.4) is 0 Å². The molecule has 1 saturated carbocycles. The van der Waals surface area contributed by atoms with Gasteiger partial charge in [-0.2, -0.15) is 13.2 Å². The minimum absolute atomic E-state index is 0.126. The predicted octanol–water partition coefficient (Wildman–Crippen LogP) is 0.654. The van der Waals surface area contributed by atoms with E-state index in [1.54, 1.807) is 0 Å². The molecule has 8 heteroatoms. The third-order valence-corrected chi connectivity index (χ3v) is 3.04. The van der Waals surface area contributed by atoms with E-state index in [0.717, 1.165) is 12.8 Å². The lowest BCUT2D eigenvalue weighted by molar-refractivity contribution is -0.164. The lowest BCUT2D eigenvalue weighted by Crippen LogP contribution is -2.47. The zero-order valence-corrected chi connectivity index (χ0v) is 11.6. The molecule has 0 heterocycles. The van der Waals surface area contributed by atoms with Crippen molar-refractivity contribution >= 4 is 11.8 Å². The van der Waals surface area contributed by atoms with Gasteiger partial charge in [0, 0.05) is 33.1 Å². The first-order chi connectivity index (χ1) is 9.20. The Labute approximate surface area is 115 Å². The van der Waals surface area contributed by atoms with Gasteiger partial charge in [0.15, 0.2) is 0 Å². The van der Waals surface area contributed by atoms with Crippen molar-refractivity contribution in [1.29, 1.82) is 0 Å². The van der Waals surface area contributed by atoms with E-state index in [1.807, 2.05) is 0 Å². The van der Waals surface area contributed by atoms with Gasteiger partial charge in [-0.15, -0.1) is 0 Å². The maximum absolute atomic E-state index is 12.8. The molecule has 1 aliphatic rings. The standard InChI is InChI=1S/C12H20F3N3O2/c1-8(19)16-5-6-18(2)11(20)7-10(12(13,14)15)17-9-3-4-9/h9-10,17H,3-7H2,1-2H3,(H,16,19). The number of likely N-dealkylation sites (N-methyl/N-ethyl adjacent to an activating group) is 1. The number of nitrogens with zero attached hydrogens (tertiary/aromatic N) is 1. The van der Waals surface area contributed by atoms with Crippen LogP contribution in [0.5, 0.6) is 0 Å². The first-order valence-electron chi connectivity index (χ1n) is 6.51. The Hall–Kier alpha value is -1.31. The third-order valence-electron chi connectivity index (χ3n) is 3.04. The van der Waals surface area contributed by atoms with E-state index in [0.29, 0.717) is 0 Å². The Balaban J connectivity index is 2.41. The van der Waals surface area contributed by atoms with E-state index in [-0.39, 0.29) is 25.0 Å². The minimum atomic E-state index is -4.43. The van der Waals surface area contributed by atoms with Crippen molar-refractivity contribution in [1.82, 2.24) is 15.5 Å². The lowest BCUT2D eigenvalue weighted by atomic mass is 10.1. The van der Waals surface area contributed by atoms with Gasteiger partial charge in [0.2, 0.25) is 11.8 Å². The monoisotopic (exact) mass is 295 g/mol. The fourth-order valence-electron chi connectivity index (χ4n) is 1.66. The summed E-state index contributed by atoms with van der Waals surface area (Å²) in [6.45, 7) is 1.75. The summed E-state index contributed by atoms with van der Waals surface area (Å²) >= 11 is 0. The average Bonchev–Trinajstić information content (AvgIpc) is 3.10. The second kappa shape index (κ2) is 6.92. The van der Waals surface area contributed by atoms with Crippen LogP contribution in [-0.4, -0.2) is 55.1 Å². The van der Waals surface area contributed by atoms with Crippen LogP contribution in [-0.2, 0) is 9.59 Å². The highest BCUT2D eigenvalue weighted by atomic mass is 19.4. The van der Waals surface area contributed by atoms with Crippen LogP contribution in [0, 0.1) is 0 Å². The Morgan fingerprint density at radius 2 is 1.95 bits per heavy atom. The van der Waals surface area contributed by atoms with E-state index in [1.165, 1.54) is 18.9 Å². The number of halogens is 3. The summed E-state index contributed by atoms with van der Waals surface area (Å²) in [6, 6.07) is -1.93. The number of hydrogen-bond acceptors (Lipinski definition) is 3. The summed E-state index contributed by atoms with van der Waals surface area (Å²) in [5.41, 5.74) is 0. The molecule has 1 rings (SSSR count).